The molecule has 0 fully saturated rings. The molecule has 42 heavy (non-hydrogen) atoms. The van der Waals surface area contributed by atoms with Crippen LogP contribution in [0.4, 0.5) is 11.6 Å². The fourth-order valence-corrected chi connectivity index (χ4v) is 6.36. The summed E-state index contributed by atoms with van der Waals surface area (Å²) in [6.07, 6.45) is 1.94. The van der Waals surface area contributed by atoms with E-state index in [0.717, 1.165) is 45.3 Å². The van der Waals surface area contributed by atoms with Gasteiger partial charge in [-0.2, -0.15) is 4.98 Å². The third-order valence-electron chi connectivity index (χ3n) is 7.04. The van der Waals surface area contributed by atoms with Crippen molar-refractivity contribution in [2.75, 3.05) is 17.2 Å². The van der Waals surface area contributed by atoms with Gasteiger partial charge in [-0.15, -0.1) is 5.10 Å². The van der Waals surface area contributed by atoms with Crippen LogP contribution in [0.3, 0.4) is 0 Å². The molecule has 0 saturated carbocycles. The molecule has 1 amide bonds. The highest BCUT2D eigenvalue weighted by Crippen LogP contribution is 2.42. The first-order chi connectivity index (χ1) is 20.2. The Morgan fingerprint density at radius 1 is 1.14 bits per heavy atom. The summed E-state index contributed by atoms with van der Waals surface area (Å²) in [5, 5.41) is 12.7. The molecule has 0 spiro atoms. The van der Waals surface area contributed by atoms with E-state index < -0.39 is 6.04 Å². The Morgan fingerprint density at radius 2 is 1.95 bits per heavy atom. The number of carbonyl (C=O) groups is 1. The van der Waals surface area contributed by atoms with Crippen molar-refractivity contribution >= 4 is 56.8 Å². The van der Waals surface area contributed by atoms with Crippen molar-refractivity contribution in [3.8, 4) is 5.75 Å². The van der Waals surface area contributed by atoms with Gasteiger partial charge in [0.25, 0.3) is 5.91 Å². The van der Waals surface area contributed by atoms with Crippen molar-refractivity contribution in [3.63, 3.8) is 0 Å². The second-order valence-electron chi connectivity index (χ2n) is 10.3. The van der Waals surface area contributed by atoms with E-state index in [1.807, 2.05) is 75.4 Å². The molecule has 4 aromatic rings. The number of aryl methyl sites for hydroxylation is 2. The number of amides is 1. The van der Waals surface area contributed by atoms with Gasteiger partial charge in [0.15, 0.2) is 0 Å². The number of carbonyl (C=O) groups excluding carboxylic acids is 1. The SMILES string of the molecule is CCCCOc1ccc(Br)cc1C1C(C(=O)Nc2ccc(C)cc2C)=C(C)Nc2nc(SCc3ccccc3Cl)nn21. The number of nitrogens with one attached hydrogen (secondary N) is 2. The van der Waals surface area contributed by atoms with Gasteiger partial charge >= 0.3 is 0 Å². The Morgan fingerprint density at radius 3 is 2.71 bits per heavy atom. The van der Waals surface area contributed by atoms with E-state index in [1.54, 1.807) is 4.68 Å². The van der Waals surface area contributed by atoms with Gasteiger partial charge in [0.05, 0.1) is 12.2 Å². The summed E-state index contributed by atoms with van der Waals surface area (Å²) in [6.45, 7) is 8.63. The van der Waals surface area contributed by atoms with E-state index in [-0.39, 0.29) is 5.91 Å². The largest absolute Gasteiger partial charge is 0.493 e. The van der Waals surface area contributed by atoms with Gasteiger partial charge in [0.1, 0.15) is 11.8 Å². The fraction of sp³-hybridized carbons (Fsp3) is 0.281. The molecule has 218 valence electrons. The van der Waals surface area contributed by atoms with Crippen LogP contribution in [0.15, 0.2) is 81.6 Å². The Labute approximate surface area is 264 Å². The average Bonchev–Trinajstić information content (AvgIpc) is 3.36. The van der Waals surface area contributed by atoms with E-state index in [1.165, 1.54) is 11.8 Å². The zero-order valence-corrected chi connectivity index (χ0v) is 27.2. The number of aromatic nitrogens is 3. The van der Waals surface area contributed by atoms with Crippen LogP contribution in [0, 0.1) is 13.8 Å². The molecule has 1 aromatic heterocycles. The van der Waals surface area contributed by atoms with Crippen LogP contribution in [0.5, 0.6) is 5.75 Å². The van der Waals surface area contributed by atoms with Crippen LogP contribution < -0.4 is 15.4 Å². The molecule has 3 aromatic carbocycles. The number of thioether (sulfide) groups is 1. The number of ether oxygens (including phenoxy) is 1. The normalized spacial score (nSPS) is 14.4. The average molecular weight is 667 g/mol. The van der Waals surface area contributed by atoms with E-state index in [9.17, 15) is 4.79 Å². The van der Waals surface area contributed by atoms with Crippen LogP contribution in [0.1, 0.15) is 55.0 Å². The van der Waals surface area contributed by atoms with Gasteiger partial charge in [-0.1, -0.05) is 88.5 Å². The van der Waals surface area contributed by atoms with E-state index >= 15 is 0 Å². The molecular formula is C32H33BrClN5O2S. The second-order valence-corrected chi connectivity index (χ2v) is 12.5. The summed E-state index contributed by atoms with van der Waals surface area (Å²) in [5.74, 6) is 1.65. The molecule has 0 bridgehead atoms. The highest BCUT2D eigenvalue weighted by Gasteiger charge is 2.36. The number of anilines is 2. The summed E-state index contributed by atoms with van der Waals surface area (Å²) in [6, 6.07) is 19.0. The number of halogens is 2. The molecule has 5 rings (SSSR count). The first kappa shape index (κ1) is 30.2. The standard InChI is InChI=1S/C32H33BrClN5O2S/c1-5-6-15-41-27-14-12-23(33)17-24(27)29-28(30(40)36-26-13-11-19(2)16-20(26)3)21(4)35-31-37-32(38-39(29)31)42-18-22-9-7-8-10-25(22)34/h7-14,16-17,29H,5-6,15,18H2,1-4H3,(H,36,40)(H,35,37,38). The molecule has 0 saturated heterocycles. The van der Waals surface area contributed by atoms with E-state index in [4.69, 9.17) is 26.4 Å². The zero-order valence-electron chi connectivity index (χ0n) is 24.0. The molecule has 1 aliphatic heterocycles. The summed E-state index contributed by atoms with van der Waals surface area (Å²) in [7, 11) is 0. The first-order valence-corrected chi connectivity index (χ1v) is 16.0. The molecule has 2 heterocycles. The minimum absolute atomic E-state index is 0.220. The van der Waals surface area contributed by atoms with Crippen LogP contribution in [0.2, 0.25) is 5.02 Å². The molecule has 0 aliphatic carbocycles. The van der Waals surface area contributed by atoms with Crippen molar-refractivity contribution in [2.24, 2.45) is 0 Å². The lowest BCUT2D eigenvalue weighted by Crippen LogP contribution is -2.32. The van der Waals surface area contributed by atoms with Gasteiger partial charge in [-0.3, -0.25) is 4.79 Å². The number of unbranched alkanes of at least 4 members (excludes halogenated alkanes) is 1. The Bertz CT molecular complexity index is 1650. The van der Waals surface area contributed by atoms with Crippen molar-refractivity contribution in [1.82, 2.24) is 14.8 Å². The lowest BCUT2D eigenvalue weighted by atomic mass is 9.94. The maximum atomic E-state index is 14.1. The molecule has 1 aliphatic rings. The Kier molecular flexibility index (Phi) is 9.60. The first-order valence-electron chi connectivity index (χ1n) is 13.9. The quantitative estimate of drug-likeness (QED) is 0.130. The maximum Gasteiger partial charge on any atom is 0.255 e. The third-order valence-corrected chi connectivity index (χ3v) is 8.79. The van der Waals surface area contributed by atoms with Crippen molar-refractivity contribution in [3.05, 3.63) is 104 Å². The summed E-state index contributed by atoms with van der Waals surface area (Å²) < 4.78 is 8.92. The molecule has 2 N–H and O–H groups in total. The number of allylic oxidation sites excluding steroid dienone is 1. The molecule has 1 atom stereocenters. The van der Waals surface area contributed by atoms with Gasteiger partial charge in [-0.05, 0) is 68.7 Å². The topological polar surface area (TPSA) is 81.1 Å². The van der Waals surface area contributed by atoms with Crippen LogP contribution in [-0.4, -0.2) is 27.3 Å². The number of hydrogen-bond donors (Lipinski definition) is 2. The molecule has 10 heteroatoms. The Hall–Kier alpha value is -3.27. The third kappa shape index (κ3) is 6.69. The van der Waals surface area contributed by atoms with Gasteiger partial charge in [-0.25, -0.2) is 4.68 Å². The predicted octanol–water partition coefficient (Wildman–Crippen LogP) is 8.71. The lowest BCUT2D eigenvalue weighted by Gasteiger charge is -2.30. The predicted molar refractivity (Wildman–Crippen MR) is 175 cm³/mol. The van der Waals surface area contributed by atoms with Crippen LogP contribution >= 0.6 is 39.3 Å². The summed E-state index contributed by atoms with van der Waals surface area (Å²) >= 11 is 11.5. The number of hydrogen-bond acceptors (Lipinski definition) is 6. The zero-order chi connectivity index (χ0) is 29.8. The lowest BCUT2D eigenvalue weighted by molar-refractivity contribution is -0.113. The van der Waals surface area contributed by atoms with Crippen molar-refractivity contribution in [2.45, 2.75) is 57.5 Å². The molecular weight excluding hydrogens is 634 g/mol. The molecule has 7 nitrogen and oxygen atoms in total. The summed E-state index contributed by atoms with van der Waals surface area (Å²) in [5.41, 5.74) is 5.95. The number of benzene rings is 3. The maximum absolute atomic E-state index is 14.1. The van der Waals surface area contributed by atoms with E-state index in [2.05, 4.69) is 39.6 Å². The number of rotatable bonds is 10. The highest BCUT2D eigenvalue weighted by molar-refractivity contribution is 9.10. The van der Waals surface area contributed by atoms with Crippen molar-refractivity contribution in [1.29, 1.82) is 0 Å². The monoisotopic (exact) mass is 665 g/mol. The number of fused-ring (bicyclic) bond motifs is 1. The van der Waals surface area contributed by atoms with Crippen molar-refractivity contribution < 1.29 is 9.53 Å². The molecule has 0 radical (unpaired) electrons. The second kappa shape index (κ2) is 13.4. The molecule has 1 unspecified atom stereocenters. The van der Waals surface area contributed by atoms with Gasteiger partial charge in [0.2, 0.25) is 11.1 Å². The van der Waals surface area contributed by atoms with Crippen LogP contribution in [-0.2, 0) is 10.5 Å². The van der Waals surface area contributed by atoms with Gasteiger partial charge < -0.3 is 15.4 Å². The summed E-state index contributed by atoms with van der Waals surface area (Å²) in [4.78, 5) is 18.9. The smallest absolute Gasteiger partial charge is 0.255 e. The minimum Gasteiger partial charge on any atom is -0.493 e. The van der Waals surface area contributed by atoms with Gasteiger partial charge in [0, 0.05) is 32.2 Å². The highest BCUT2D eigenvalue weighted by atomic mass is 79.9. The number of nitrogens with zero attached hydrogens (tertiary/aromatic N) is 3. The van der Waals surface area contributed by atoms with E-state index in [0.29, 0.717) is 45.5 Å². The minimum atomic E-state index is -0.580. The Balaban J connectivity index is 1.56. The fourth-order valence-electron chi connectivity index (χ4n) is 4.87. The van der Waals surface area contributed by atoms with Crippen LogP contribution in [0.25, 0.3) is 0 Å².